The van der Waals surface area contributed by atoms with E-state index >= 15 is 0 Å². The molecule has 1 aromatic carbocycles. The molecule has 3 heteroatoms. The number of rotatable bonds is 0. The first kappa shape index (κ1) is 9.36. The quantitative estimate of drug-likeness (QED) is 0.645. The molecule has 0 amide bonds. The van der Waals surface area contributed by atoms with E-state index in [1.54, 1.807) is 0 Å². The molecule has 0 saturated heterocycles. The average Bonchev–Trinajstić information content (AvgIpc) is 2.04. The Morgan fingerprint density at radius 3 is 2.92 bits per heavy atom. The Morgan fingerprint density at radius 2 is 2.08 bits per heavy atom. The molecule has 0 radical (unpaired) electrons. The first-order chi connectivity index (χ1) is 5.36. The lowest BCUT2D eigenvalue weighted by molar-refractivity contribution is 0.656. The predicted octanol–water partition coefficient (Wildman–Crippen LogP) is 1.75. The lowest BCUT2D eigenvalue weighted by atomic mass is 10.0. The van der Waals surface area contributed by atoms with E-state index in [-0.39, 0.29) is 18.6 Å². The summed E-state index contributed by atoms with van der Waals surface area (Å²) in [7, 11) is 0. The monoisotopic (exact) mass is 184 g/mol. The van der Waals surface area contributed by atoms with Gasteiger partial charge >= 0.3 is 0 Å². The Balaban J connectivity index is 0.000000720. The molecule has 66 valence electrons. The summed E-state index contributed by atoms with van der Waals surface area (Å²) in [5.74, 6) is 0. The van der Waals surface area contributed by atoms with Gasteiger partial charge in [-0.25, -0.2) is 0 Å². The Hall–Kier alpha value is -0.730. The summed E-state index contributed by atoms with van der Waals surface area (Å²) in [5.41, 5.74) is 8.32. The first-order valence-corrected chi connectivity index (χ1v) is 3.96. The van der Waals surface area contributed by atoms with Gasteiger partial charge in [0.1, 0.15) is 0 Å². The Kier molecular flexibility index (Phi) is 2.95. The van der Waals surface area contributed by atoms with E-state index < -0.39 is 0 Å². The largest absolute Gasteiger partial charge is 0.370 e. The lowest BCUT2D eigenvalue weighted by Crippen LogP contribution is -2.33. The van der Waals surface area contributed by atoms with Gasteiger partial charge < -0.3 is 11.1 Å². The predicted molar refractivity (Wildman–Crippen MR) is 53.6 cm³/mol. The van der Waals surface area contributed by atoms with Gasteiger partial charge in [0.15, 0.2) is 0 Å². The highest BCUT2D eigenvalue weighted by Gasteiger charge is 2.12. The van der Waals surface area contributed by atoms with Crippen LogP contribution >= 0.6 is 12.4 Å². The summed E-state index contributed by atoms with van der Waals surface area (Å²) in [6.07, 6.45) is 2.28. The van der Waals surface area contributed by atoms with Crippen molar-refractivity contribution in [1.82, 2.24) is 0 Å². The Morgan fingerprint density at radius 1 is 1.33 bits per heavy atom. The van der Waals surface area contributed by atoms with Crippen LogP contribution in [0.2, 0.25) is 0 Å². The highest BCUT2D eigenvalue weighted by Crippen LogP contribution is 2.21. The Bertz CT molecular complexity index is 262. The summed E-state index contributed by atoms with van der Waals surface area (Å²) in [5, 5.41) is 3.24. The summed E-state index contributed by atoms with van der Waals surface area (Å²) in [6.45, 7) is 0. The Labute approximate surface area is 78.6 Å². The van der Waals surface area contributed by atoms with Gasteiger partial charge in [-0.2, -0.15) is 0 Å². The summed E-state index contributed by atoms with van der Waals surface area (Å²) < 4.78 is 0. The fourth-order valence-corrected chi connectivity index (χ4v) is 1.46. The van der Waals surface area contributed by atoms with Crippen molar-refractivity contribution in [2.45, 2.75) is 19.0 Å². The molecule has 1 atom stereocenters. The average molecular weight is 185 g/mol. The van der Waals surface area contributed by atoms with Gasteiger partial charge in [0.2, 0.25) is 0 Å². The maximum atomic E-state index is 5.74. The van der Waals surface area contributed by atoms with Crippen LogP contribution in [0, 0.1) is 0 Å². The van der Waals surface area contributed by atoms with Crippen molar-refractivity contribution in [3.63, 3.8) is 0 Å². The minimum absolute atomic E-state index is 0. The van der Waals surface area contributed by atoms with Crippen LogP contribution in [0.15, 0.2) is 24.3 Å². The zero-order valence-corrected chi connectivity index (χ0v) is 7.60. The van der Waals surface area contributed by atoms with Crippen molar-refractivity contribution in [2.24, 2.45) is 5.73 Å². The third-order valence-corrected chi connectivity index (χ3v) is 2.08. The van der Waals surface area contributed by atoms with Gasteiger partial charge in [0.05, 0.1) is 6.17 Å². The number of fused-ring (bicyclic) bond motifs is 1. The molecule has 0 bridgehead atoms. The molecule has 1 aliphatic rings. The van der Waals surface area contributed by atoms with Crippen LogP contribution in [-0.2, 0) is 6.42 Å². The van der Waals surface area contributed by atoms with E-state index in [1.807, 2.05) is 6.07 Å². The van der Waals surface area contributed by atoms with Gasteiger partial charge in [-0.15, -0.1) is 12.4 Å². The minimum atomic E-state index is 0. The SMILES string of the molecule is Cl.NC1CCc2ccccc2N1. The molecule has 0 saturated carbocycles. The minimum Gasteiger partial charge on any atom is -0.370 e. The van der Waals surface area contributed by atoms with Gasteiger partial charge in [-0.05, 0) is 24.5 Å². The maximum absolute atomic E-state index is 5.74. The van der Waals surface area contributed by atoms with E-state index in [1.165, 1.54) is 11.3 Å². The number of nitrogens with one attached hydrogen (secondary N) is 1. The van der Waals surface area contributed by atoms with Crippen LogP contribution in [0.4, 0.5) is 5.69 Å². The van der Waals surface area contributed by atoms with Crippen LogP contribution in [-0.4, -0.2) is 6.17 Å². The van der Waals surface area contributed by atoms with Gasteiger partial charge in [0, 0.05) is 5.69 Å². The fraction of sp³-hybridized carbons (Fsp3) is 0.333. The number of benzene rings is 1. The molecule has 0 aromatic heterocycles. The van der Waals surface area contributed by atoms with E-state index in [0.29, 0.717) is 0 Å². The highest BCUT2D eigenvalue weighted by atomic mass is 35.5. The third kappa shape index (κ3) is 1.71. The molecule has 0 spiro atoms. The fourth-order valence-electron chi connectivity index (χ4n) is 1.46. The first-order valence-electron chi connectivity index (χ1n) is 3.96. The lowest BCUT2D eigenvalue weighted by Gasteiger charge is -2.23. The van der Waals surface area contributed by atoms with Crippen LogP contribution in [0.1, 0.15) is 12.0 Å². The molecule has 1 heterocycles. The molecule has 1 aromatic rings. The number of hydrogen-bond acceptors (Lipinski definition) is 2. The summed E-state index contributed by atoms with van der Waals surface area (Å²) >= 11 is 0. The third-order valence-electron chi connectivity index (χ3n) is 2.08. The van der Waals surface area contributed by atoms with Crippen molar-refractivity contribution in [2.75, 3.05) is 5.32 Å². The second kappa shape index (κ2) is 3.78. The number of nitrogens with two attached hydrogens (primary N) is 1. The highest BCUT2D eigenvalue weighted by molar-refractivity contribution is 5.85. The van der Waals surface area contributed by atoms with Crippen molar-refractivity contribution < 1.29 is 0 Å². The van der Waals surface area contributed by atoms with Gasteiger partial charge in [-0.1, -0.05) is 18.2 Å². The van der Waals surface area contributed by atoms with E-state index in [2.05, 4.69) is 23.5 Å². The van der Waals surface area contributed by atoms with Crippen LogP contribution in [0.5, 0.6) is 0 Å². The zero-order valence-electron chi connectivity index (χ0n) is 6.79. The normalized spacial score (nSPS) is 20.2. The van der Waals surface area contributed by atoms with Crippen molar-refractivity contribution >= 4 is 18.1 Å². The smallest absolute Gasteiger partial charge is 0.0746 e. The van der Waals surface area contributed by atoms with Gasteiger partial charge in [-0.3, -0.25) is 0 Å². The topological polar surface area (TPSA) is 38.0 Å². The molecule has 3 N–H and O–H groups in total. The molecule has 0 fully saturated rings. The maximum Gasteiger partial charge on any atom is 0.0746 e. The molecule has 2 nitrogen and oxygen atoms in total. The van der Waals surface area contributed by atoms with E-state index in [0.717, 1.165) is 12.8 Å². The molecular formula is C9H13ClN2. The second-order valence-electron chi connectivity index (χ2n) is 2.95. The van der Waals surface area contributed by atoms with Crippen molar-refractivity contribution in [3.8, 4) is 0 Å². The van der Waals surface area contributed by atoms with Crippen molar-refractivity contribution in [1.29, 1.82) is 0 Å². The number of halogens is 1. The number of aryl methyl sites for hydroxylation is 1. The second-order valence-corrected chi connectivity index (χ2v) is 2.95. The summed E-state index contributed by atoms with van der Waals surface area (Å²) in [6, 6.07) is 8.32. The zero-order chi connectivity index (χ0) is 7.68. The van der Waals surface area contributed by atoms with Crippen LogP contribution in [0.25, 0.3) is 0 Å². The number of para-hydroxylation sites is 1. The van der Waals surface area contributed by atoms with Crippen molar-refractivity contribution in [3.05, 3.63) is 29.8 Å². The number of hydrogen-bond donors (Lipinski definition) is 2. The molecular weight excluding hydrogens is 172 g/mol. The molecule has 12 heavy (non-hydrogen) atoms. The van der Waals surface area contributed by atoms with Crippen LogP contribution in [0.3, 0.4) is 0 Å². The summed E-state index contributed by atoms with van der Waals surface area (Å²) in [4.78, 5) is 0. The van der Waals surface area contributed by atoms with Crippen LogP contribution < -0.4 is 11.1 Å². The molecule has 0 aliphatic carbocycles. The molecule has 2 rings (SSSR count). The molecule has 1 aliphatic heterocycles. The standard InChI is InChI=1S/C9H12N2.ClH/c10-9-6-5-7-3-1-2-4-8(7)11-9;/h1-4,9,11H,5-6,10H2;1H. The van der Waals surface area contributed by atoms with E-state index in [4.69, 9.17) is 5.73 Å². The van der Waals surface area contributed by atoms with Gasteiger partial charge in [0.25, 0.3) is 0 Å². The van der Waals surface area contributed by atoms with E-state index in [9.17, 15) is 0 Å². The number of anilines is 1. The molecule has 1 unspecified atom stereocenters.